The van der Waals surface area contributed by atoms with Crippen molar-refractivity contribution < 1.29 is 9.53 Å². The number of carbonyl (C=O) groups excluding carboxylic acids is 1. The molecule has 2 aliphatic rings. The molecule has 1 aromatic rings. The number of nitrogens with zero attached hydrogens (tertiary/aromatic N) is 1. The summed E-state index contributed by atoms with van der Waals surface area (Å²) in [5, 5.41) is 3.33. The third-order valence-corrected chi connectivity index (χ3v) is 5.43. The molecule has 1 aliphatic heterocycles. The molecule has 1 saturated heterocycles. The molecule has 132 valence electrons. The molecule has 0 spiro atoms. The van der Waals surface area contributed by atoms with Crippen LogP contribution >= 0.6 is 0 Å². The maximum absolute atomic E-state index is 12.9. The van der Waals surface area contributed by atoms with Crippen LogP contribution in [-0.4, -0.2) is 36.7 Å². The van der Waals surface area contributed by atoms with Gasteiger partial charge in [0.25, 0.3) is 0 Å². The first kappa shape index (κ1) is 17.3. The molecule has 0 radical (unpaired) electrons. The summed E-state index contributed by atoms with van der Waals surface area (Å²) in [5.41, 5.74) is 1.23. The molecule has 2 amide bonds. The number of urea groups is 1. The van der Waals surface area contributed by atoms with E-state index in [-0.39, 0.29) is 18.2 Å². The number of rotatable bonds is 6. The lowest BCUT2D eigenvalue weighted by atomic mass is 9.92. The van der Waals surface area contributed by atoms with Crippen molar-refractivity contribution >= 4 is 6.03 Å². The van der Waals surface area contributed by atoms with Crippen molar-refractivity contribution in [1.29, 1.82) is 0 Å². The molecule has 2 unspecified atom stereocenters. The maximum atomic E-state index is 12.9. The second-order valence-electron chi connectivity index (χ2n) is 7.06. The lowest BCUT2D eigenvalue weighted by molar-refractivity contribution is 0.0816. The summed E-state index contributed by atoms with van der Waals surface area (Å²) < 4.78 is 5.70. The van der Waals surface area contributed by atoms with Crippen LogP contribution in [0.25, 0.3) is 0 Å². The zero-order valence-electron chi connectivity index (χ0n) is 14.7. The molecule has 24 heavy (non-hydrogen) atoms. The number of hydrogen-bond donors (Lipinski definition) is 1. The second kappa shape index (κ2) is 8.52. The van der Waals surface area contributed by atoms with Gasteiger partial charge in [0, 0.05) is 19.7 Å². The molecule has 1 heterocycles. The number of carbonyl (C=O) groups is 1. The predicted molar refractivity (Wildman–Crippen MR) is 95.9 cm³/mol. The van der Waals surface area contributed by atoms with Crippen LogP contribution in [0.5, 0.6) is 0 Å². The van der Waals surface area contributed by atoms with Gasteiger partial charge in [-0.2, -0.15) is 0 Å². The van der Waals surface area contributed by atoms with Gasteiger partial charge in [-0.3, -0.25) is 0 Å². The van der Waals surface area contributed by atoms with Crippen LogP contribution < -0.4 is 5.32 Å². The van der Waals surface area contributed by atoms with Crippen molar-refractivity contribution in [2.45, 2.75) is 57.6 Å². The van der Waals surface area contributed by atoms with Crippen molar-refractivity contribution in [2.24, 2.45) is 5.92 Å². The van der Waals surface area contributed by atoms with E-state index in [9.17, 15) is 4.79 Å². The van der Waals surface area contributed by atoms with Crippen molar-refractivity contribution in [1.82, 2.24) is 10.2 Å². The van der Waals surface area contributed by atoms with Crippen molar-refractivity contribution in [3.8, 4) is 0 Å². The van der Waals surface area contributed by atoms with Gasteiger partial charge in [0.2, 0.25) is 0 Å². The second-order valence-corrected chi connectivity index (χ2v) is 7.06. The molecule has 1 N–H and O–H groups in total. The normalized spacial score (nSPS) is 22.5. The minimum absolute atomic E-state index is 0.0498. The molecule has 1 saturated carbocycles. The van der Waals surface area contributed by atoms with Crippen molar-refractivity contribution in [3.63, 3.8) is 0 Å². The predicted octanol–water partition coefficient (Wildman–Crippen LogP) is 4.13. The number of nitrogens with one attached hydrogen (secondary N) is 1. The molecule has 4 nitrogen and oxygen atoms in total. The van der Waals surface area contributed by atoms with Gasteiger partial charge in [0.15, 0.2) is 0 Å². The van der Waals surface area contributed by atoms with E-state index in [0.717, 1.165) is 26.0 Å². The average molecular weight is 330 g/mol. The van der Waals surface area contributed by atoms with Gasteiger partial charge in [0.1, 0.15) is 0 Å². The van der Waals surface area contributed by atoms with Gasteiger partial charge in [-0.05, 0) is 44.1 Å². The lowest BCUT2D eigenvalue weighted by Crippen LogP contribution is -2.46. The minimum atomic E-state index is 0.0498. The molecule has 4 heteroatoms. The third-order valence-electron chi connectivity index (χ3n) is 5.43. The summed E-state index contributed by atoms with van der Waals surface area (Å²) in [5.74, 6) is 0.554. The Kier molecular flexibility index (Phi) is 6.13. The molecule has 1 aliphatic carbocycles. The molecule has 0 aromatic heterocycles. The fourth-order valence-corrected chi connectivity index (χ4v) is 4.04. The lowest BCUT2D eigenvalue weighted by Gasteiger charge is -2.30. The summed E-state index contributed by atoms with van der Waals surface area (Å²) in [4.78, 5) is 14.8. The van der Waals surface area contributed by atoms with Crippen molar-refractivity contribution in [3.05, 3.63) is 35.9 Å². The maximum Gasteiger partial charge on any atom is 0.317 e. The fourth-order valence-electron chi connectivity index (χ4n) is 4.04. The van der Waals surface area contributed by atoms with Crippen LogP contribution in [0.1, 0.15) is 57.1 Å². The molecular formula is C20H30N2O2. The van der Waals surface area contributed by atoms with Crippen LogP contribution in [0.4, 0.5) is 4.79 Å². The van der Waals surface area contributed by atoms with Crippen LogP contribution in [0.2, 0.25) is 0 Å². The van der Waals surface area contributed by atoms with Gasteiger partial charge >= 0.3 is 6.03 Å². The SMILES string of the molecule is CCN(CC1CCCO1)C(=O)NC(c1ccccc1)C1CCCC1. The average Bonchev–Trinajstić information content (AvgIpc) is 3.31. The third kappa shape index (κ3) is 4.29. The summed E-state index contributed by atoms with van der Waals surface area (Å²) >= 11 is 0. The monoisotopic (exact) mass is 330 g/mol. The molecule has 0 bridgehead atoms. The highest BCUT2D eigenvalue weighted by molar-refractivity contribution is 5.74. The summed E-state index contributed by atoms with van der Waals surface area (Å²) in [6.45, 7) is 4.30. The Balaban J connectivity index is 1.67. The summed E-state index contributed by atoms with van der Waals surface area (Å²) in [7, 11) is 0. The Labute approximate surface area is 145 Å². The number of amides is 2. The van der Waals surface area contributed by atoms with Crippen molar-refractivity contribution in [2.75, 3.05) is 19.7 Å². The van der Waals surface area contributed by atoms with Crippen LogP contribution in [0.3, 0.4) is 0 Å². The molecule has 2 atom stereocenters. The smallest absolute Gasteiger partial charge is 0.317 e. The zero-order chi connectivity index (χ0) is 16.8. The minimum Gasteiger partial charge on any atom is -0.376 e. The van der Waals surface area contributed by atoms with Gasteiger partial charge in [-0.1, -0.05) is 43.2 Å². The first-order valence-electron chi connectivity index (χ1n) is 9.50. The fraction of sp³-hybridized carbons (Fsp3) is 0.650. The Morgan fingerprint density at radius 2 is 1.96 bits per heavy atom. The number of benzene rings is 1. The Hall–Kier alpha value is -1.55. The van der Waals surface area contributed by atoms with E-state index in [1.807, 2.05) is 17.9 Å². The molecule has 2 fully saturated rings. The van der Waals surface area contributed by atoms with E-state index < -0.39 is 0 Å². The van der Waals surface area contributed by atoms with E-state index in [0.29, 0.717) is 12.5 Å². The van der Waals surface area contributed by atoms with E-state index in [1.54, 1.807) is 0 Å². The highest BCUT2D eigenvalue weighted by Gasteiger charge is 2.29. The van der Waals surface area contributed by atoms with Gasteiger partial charge < -0.3 is 15.0 Å². The van der Waals surface area contributed by atoms with Gasteiger partial charge in [0.05, 0.1) is 12.1 Å². The van der Waals surface area contributed by atoms with E-state index >= 15 is 0 Å². The summed E-state index contributed by atoms with van der Waals surface area (Å²) in [6.07, 6.45) is 7.34. The quantitative estimate of drug-likeness (QED) is 0.852. The molecule has 3 rings (SSSR count). The van der Waals surface area contributed by atoms with Crippen LogP contribution in [-0.2, 0) is 4.74 Å². The first-order chi connectivity index (χ1) is 11.8. The van der Waals surface area contributed by atoms with Crippen LogP contribution in [0.15, 0.2) is 30.3 Å². The van der Waals surface area contributed by atoms with Gasteiger partial charge in [-0.15, -0.1) is 0 Å². The van der Waals surface area contributed by atoms with E-state index in [4.69, 9.17) is 4.74 Å². The zero-order valence-corrected chi connectivity index (χ0v) is 14.7. The largest absolute Gasteiger partial charge is 0.376 e. The van der Waals surface area contributed by atoms with E-state index in [2.05, 4.69) is 29.6 Å². The van der Waals surface area contributed by atoms with Crippen LogP contribution in [0, 0.1) is 5.92 Å². The summed E-state index contributed by atoms with van der Waals surface area (Å²) in [6, 6.07) is 10.6. The molecular weight excluding hydrogens is 300 g/mol. The number of ether oxygens (including phenoxy) is 1. The van der Waals surface area contributed by atoms with Gasteiger partial charge in [-0.25, -0.2) is 4.79 Å². The highest BCUT2D eigenvalue weighted by Crippen LogP contribution is 2.35. The standard InChI is InChI=1S/C20H30N2O2/c1-2-22(15-18-13-8-14-24-18)20(23)21-19(17-11-6-7-12-17)16-9-4-3-5-10-16/h3-5,9-10,17-19H,2,6-8,11-15H2,1H3,(H,21,23). The highest BCUT2D eigenvalue weighted by atomic mass is 16.5. The number of likely N-dealkylation sites (N-methyl/N-ethyl adjacent to an activating group) is 1. The Morgan fingerprint density at radius 1 is 1.21 bits per heavy atom. The Morgan fingerprint density at radius 3 is 2.58 bits per heavy atom. The molecule has 1 aromatic carbocycles. The Bertz CT molecular complexity index is 508. The van der Waals surface area contributed by atoms with E-state index in [1.165, 1.54) is 31.2 Å². The first-order valence-corrected chi connectivity index (χ1v) is 9.50. The topological polar surface area (TPSA) is 41.6 Å². The number of hydrogen-bond acceptors (Lipinski definition) is 2.